The van der Waals surface area contributed by atoms with E-state index in [4.69, 9.17) is 4.74 Å². The van der Waals surface area contributed by atoms with Crippen LogP contribution in [0, 0.1) is 0 Å². The van der Waals surface area contributed by atoms with Crippen molar-refractivity contribution in [3.05, 3.63) is 54.1 Å². The number of rotatable bonds is 6. The summed E-state index contributed by atoms with van der Waals surface area (Å²) < 4.78 is 5.54. The van der Waals surface area contributed by atoms with E-state index in [9.17, 15) is 9.59 Å². The molecule has 5 heteroatoms. The Kier molecular flexibility index (Phi) is 6.39. The van der Waals surface area contributed by atoms with E-state index in [1.807, 2.05) is 24.3 Å². The summed E-state index contributed by atoms with van der Waals surface area (Å²) in [5.74, 6) is 0.316. The fourth-order valence-corrected chi connectivity index (χ4v) is 2.32. The van der Waals surface area contributed by atoms with Crippen molar-refractivity contribution in [3.63, 3.8) is 0 Å². The Labute approximate surface area is 154 Å². The zero-order valence-corrected chi connectivity index (χ0v) is 15.8. The van der Waals surface area contributed by atoms with Gasteiger partial charge in [0, 0.05) is 17.8 Å². The van der Waals surface area contributed by atoms with Crippen LogP contribution in [0.3, 0.4) is 0 Å². The van der Waals surface area contributed by atoms with Gasteiger partial charge in [0.2, 0.25) is 5.91 Å². The van der Waals surface area contributed by atoms with Gasteiger partial charge in [-0.1, -0.05) is 45.9 Å². The fourth-order valence-electron chi connectivity index (χ4n) is 2.32. The van der Waals surface area contributed by atoms with Crippen molar-refractivity contribution in [1.29, 1.82) is 0 Å². The van der Waals surface area contributed by atoms with E-state index >= 15 is 0 Å². The van der Waals surface area contributed by atoms with E-state index in [1.54, 1.807) is 31.2 Å². The lowest BCUT2D eigenvalue weighted by atomic mass is 9.87. The second-order valence-electron chi connectivity index (χ2n) is 7.09. The van der Waals surface area contributed by atoms with Crippen LogP contribution in [0.2, 0.25) is 0 Å². The Morgan fingerprint density at radius 1 is 0.923 bits per heavy atom. The number of hydrogen-bond acceptors (Lipinski definition) is 3. The zero-order chi connectivity index (χ0) is 19.2. The van der Waals surface area contributed by atoms with Gasteiger partial charge in [0.1, 0.15) is 5.75 Å². The molecule has 2 aromatic carbocycles. The molecule has 0 radical (unpaired) electrons. The first kappa shape index (κ1) is 19.5. The number of carbonyl (C=O) groups excluding carboxylic acids is 2. The van der Waals surface area contributed by atoms with Gasteiger partial charge in [0.15, 0.2) is 6.61 Å². The van der Waals surface area contributed by atoms with Crippen molar-refractivity contribution in [2.45, 2.75) is 39.5 Å². The third-order valence-electron chi connectivity index (χ3n) is 3.84. The van der Waals surface area contributed by atoms with Gasteiger partial charge >= 0.3 is 0 Å². The SMILES string of the molecule is CCC(=O)Nc1cccc(NC(=O)COc2ccc(C(C)(C)C)cc2)c1. The minimum absolute atomic E-state index is 0.0736. The molecule has 0 saturated heterocycles. The molecule has 0 bridgehead atoms. The molecule has 0 fully saturated rings. The maximum atomic E-state index is 12.1. The lowest BCUT2D eigenvalue weighted by molar-refractivity contribution is -0.118. The number of amides is 2. The highest BCUT2D eigenvalue weighted by Gasteiger charge is 2.13. The van der Waals surface area contributed by atoms with Crippen LogP contribution in [0.1, 0.15) is 39.7 Å². The van der Waals surface area contributed by atoms with E-state index in [-0.39, 0.29) is 23.8 Å². The normalized spacial score (nSPS) is 10.9. The number of anilines is 2. The van der Waals surface area contributed by atoms with E-state index in [2.05, 4.69) is 31.4 Å². The predicted octanol–water partition coefficient (Wildman–Crippen LogP) is 4.35. The van der Waals surface area contributed by atoms with Crippen molar-refractivity contribution < 1.29 is 14.3 Å². The van der Waals surface area contributed by atoms with Crippen LogP contribution in [0.5, 0.6) is 5.75 Å². The average molecular weight is 354 g/mol. The highest BCUT2D eigenvalue weighted by atomic mass is 16.5. The average Bonchev–Trinajstić information content (AvgIpc) is 2.60. The van der Waals surface area contributed by atoms with Crippen molar-refractivity contribution in [2.75, 3.05) is 17.2 Å². The molecule has 5 nitrogen and oxygen atoms in total. The minimum Gasteiger partial charge on any atom is -0.484 e. The maximum Gasteiger partial charge on any atom is 0.262 e. The molecule has 2 N–H and O–H groups in total. The second-order valence-corrected chi connectivity index (χ2v) is 7.09. The number of hydrogen-bond donors (Lipinski definition) is 2. The first-order valence-electron chi connectivity index (χ1n) is 8.71. The van der Waals surface area contributed by atoms with Gasteiger partial charge in [0.25, 0.3) is 5.91 Å². The highest BCUT2D eigenvalue weighted by Crippen LogP contribution is 2.24. The first-order chi connectivity index (χ1) is 12.3. The molecule has 2 amide bonds. The molecule has 0 aliphatic carbocycles. The molecular formula is C21H26N2O3. The van der Waals surface area contributed by atoms with Crippen LogP contribution < -0.4 is 15.4 Å². The molecule has 2 rings (SSSR count). The summed E-state index contributed by atoms with van der Waals surface area (Å²) in [7, 11) is 0. The van der Waals surface area contributed by atoms with Crippen LogP contribution in [0.25, 0.3) is 0 Å². The van der Waals surface area contributed by atoms with Gasteiger partial charge in [-0.3, -0.25) is 9.59 Å². The summed E-state index contributed by atoms with van der Waals surface area (Å²) >= 11 is 0. The van der Waals surface area contributed by atoms with Gasteiger partial charge < -0.3 is 15.4 Å². The molecule has 0 spiro atoms. The molecular weight excluding hydrogens is 328 g/mol. The molecule has 0 aliphatic rings. The molecule has 26 heavy (non-hydrogen) atoms. The number of nitrogens with one attached hydrogen (secondary N) is 2. The summed E-state index contributed by atoms with van der Waals surface area (Å²) in [4.78, 5) is 23.5. The molecule has 0 atom stereocenters. The number of carbonyl (C=O) groups is 2. The van der Waals surface area contributed by atoms with Crippen molar-refractivity contribution >= 4 is 23.2 Å². The zero-order valence-electron chi connectivity index (χ0n) is 15.8. The fraction of sp³-hybridized carbons (Fsp3) is 0.333. The van der Waals surface area contributed by atoms with Gasteiger partial charge in [-0.05, 0) is 41.3 Å². The third-order valence-corrected chi connectivity index (χ3v) is 3.84. The quantitative estimate of drug-likeness (QED) is 0.810. The molecule has 0 aromatic heterocycles. The van der Waals surface area contributed by atoms with Gasteiger partial charge in [-0.2, -0.15) is 0 Å². The smallest absolute Gasteiger partial charge is 0.262 e. The number of benzene rings is 2. The summed E-state index contributed by atoms with van der Waals surface area (Å²) in [5, 5.41) is 5.52. The van der Waals surface area contributed by atoms with E-state index in [1.165, 1.54) is 5.56 Å². The summed E-state index contributed by atoms with van der Waals surface area (Å²) in [5.41, 5.74) is 2.54. The Morgan fingerprint density at radius 3 is 2.04 bits per heavy atom. The lowest BCUT2D eigenvalue weighted by Gasteiger charge is -2.19. The largest absolute Gasteiger partial charge is 0.484 e. The second kappa shape index (κ2) is 8.52. The molecule has 2 aromatic rings. The van der Waals surface area contributed by atoms with Crippen LogP contribution in [-0.4, -0.2) is 18.4 Å². The Bertz CT molecular complexity index is 762. The van der Waals surface area contributed by atoms with E-state index in [0.29, 0.717) is 23.5 Å². The maximum absolute atomic E-state index is 12.1. The first-order valence-corrected chi connectivity index (χ1v) is 8.71. The van der Waals surface area contributed by atoms with Crippen molar-refractivity contribution in [3.8, 4) is 5.75 Å². The molecule has 0 unspecified atom stereocenters. The molecule has 0 aliphatic heterocycles. The number of ether oxygens (including phenoxy) is 1. The van der Waals surface area contributed by atoms with Crippen LogP contribution in [0.4, 0.5) is 11.4 Å². The molecule has 138 valence electrons. The van der Waals surface area contributed by atoms with E-state index < -0.39 is 0 Å². The lowest BCUT2D eigenvalue weighted by Crippen LogP contribution is -2.20. The van der Waals surface area contributed by atoms with Crippen LogP contribution >= 0.6 is 0 Å². The van der Waals surface area contributed by atoms with Gasteiger partial charge in [0.05, 0.1) is 0 Å². The van der Waals surface area contributed by atoms with Crippen LogP contribution in [0.15, 0.2) is 48.5 Å². The van der Waals surface area contributed by atoms with Crippen molar-refractivity contribution in [2.24, 2.45) is 0 Å². The van der Waals surface area contributed by atoms with Gasteiger partial charge in [-0.25, -0.2) is 0 Å². The third kappa shape index (κ3) is 5.92. The standard InChI is InChI=1S/C21H26N2O3/c1-5-19(24)22-16-7-6-8-17(13-16)23-20(25)14-26-18-11-9-15(10-12-18)21(2,3)4/h6-13H,5,14H2,1-4H3,(H,22,24)(H,23,25). The Hall–Kier alpha value is -2.82. The van der Waals surface area contributed by atoms with Crippen LogP contribution in [-0.2, 0) is 15.0 Å². The van der Waals surface area contributed by atoms with E-state index in [0.717, 1.165) is 0 Å². The summed E-state index contributed by atoms with van der Waals surface area (Å²) in [6.45, 7) is 8.14. The van der Waals surface area contributed by atoms with Gasteiger partial charge in [-0.15, -0.1) is 0 Å². The molecule has 0 heterocycles. The summed E-state index contributed by atoms with van der Waals surface area (Å²) in [6, 6.07) is 14.8. The monoisotopic (exact) mass is 354 g/mol. The topological polar surface area (TPSA) is 67.4 Å². The molecule has 0 saturated carbocycles. The Balaban J connectivity index is 1.89. The van der Waals surface area contributed by atoms with Crippen molar-refractivity contribution in [1.82, 2.24) is 0 Å². The Morgan fingerprint density at radius 2 is 1.50 bits per heavy atom. The minimum atomic E-state index is -0.260. The highest BCUT2D eigenvalue weighted by molar-refractivity contribution is 5.94. The predicted molar refractivity (Wildman–Crippen MR) is 105 cm³/mol. The summed E-state index contributed by atoms with van der Waals surface area (Å²) in [6.07, 6.45) is 0.401.